The average Bonchev–Trinajstić information content (AvgIpc) is 3.29. The SMILES string of the molecule is Cc1nnnn1-c1ccc(CC(=O)N[C@H]2C[C@H]3CNC[C@H]3C[C@@H]2OCC2CC2)cc1. The number of hydrogen-bond acceptors (Lipinski definition) is 6. The second-order valence-corrected chi connectivity index (χ2v) is 9.12. The molecule has 2 N–H and O–H groups in total. The molecule has 8 nitrogen and oxygen atoms in total. The van der Waals surface area contributed by atoms with Gasteiger partial charge in [0, 0.05) is 6.61 Å². The number of aromatic nitrogens is 4. The summed E-state index contributed by atoms with van der Waals surface area (Å²) < 4.78 is 7.96. The lowest BCUT2D eigenvalue weighted by Crippen LogP contribution is -2.51. The van der Waals surface area contributed by atoms with Gasteiger partial charge in [-0.2, -0.15) is 4.68 Å². The Morgan fingerprint density at radius 1 is 1.20 bits per heavy atom. The average molecular weight is 411 g/mol. The first-order chi connectivity index (χ1) is 14.7. The Labute approximate surface area is 176 Å². The third-order valence-corrected chi connectivity index (χ3v) is 6.78. The molecule has 2 aliphatic carbocycles. The molecule has 1 aromatic heterocycles. The number of nitrogens with one attached hydrogen (secondary N) is 2. The minimum atomic E-state index is 0.0655. The van der Waals surface area contributed by atoms with Crippen molar-refractivity contribution >= 4 is 5.91 Å². The predicted octanol–water partition coefficient (Wildman–Crippen LogP) is 1.42. The topological polar surface area (TPSA) is 94.0 Å². The van der Waals surface area contributed by atoms with Gasteiger partial charge in [0.2, 0.25) is 5.91 Å². The first-order valence-corrected chi connectivity index (χ1v) is 11.1. The number of carbonyl (C=O) groups is 1. The Balaban J connectivity index is 1.20. The van der Waals surface area contributed by atoms with Crippen molar-refractivity contribution in [3.05, 3.63) is 35.7 Å². The molecule has 2 saturated carbocycles. The molecule has 30 heavy (non-hydrogen) atoms. The smallest absolute Gasteiger partial charge is 0.224 e. The van der Waals surface area contributed by atoms with Crippen LogP contribution in [0.3, 0.4) is 0 Å². The van der Waals surface area contributed by atoms with Gasteiger partial charge in [0.1, 0.15) is 0 Å². The Bertz CT molecular complexity index is 878. The van der Waals surface area contributed by atoms with E-state index in [9.17, 15) is 4.79 Å². The van der Waals surface area contributed by atoms with Gasteiger partial charge in [-0.25, -0.2) is 0 Å². The van der Waals surface area contributed by atoms with Crippen LogP contribution < -0.4 is 10.6 Å². The highest BCUT2D eigenvalue weighted by Crippen LogP contribution is 2.36. The van der Waals surface area contributed by atoms with Crippen LogP contribution in [0.5, 0.6) is 0 Å². The molecule has 160 valence electrons. The minimum absolute atomic E-state index is 0.0655. The molecule has 5 rings (SSSR count). The summed E-state index contributed by atoms with van der Waals surface area (Å²) in [6.07, 6.45) is 5.15. The van der Waals surface area contributed by atoms with Crippen molar-refractivity contribution in [2.75, 3.05) is 19.7 Å². The van der Waals surface area contributed by atoms with Gasteiger partial charge in [-0.05, 0) is 91.6 Å². The second-order valence-electron chi connectivity index (χ2n) is 9.12. The van der Waals surface area contributed by atoms with Crippen molar-refractivity contribution in [2.45, 2.75) is 51.2 Å². The maximum Gasteiger partial charge on any atom is 0.224 e. The highest BCUT2D eigenvalue weighted by Gasteiger charge is 2.41. The van der Waals surface area contributed by atoms with Crippen molar-refractivity contribution in [1.29, 1.82) is 0 Å². The van der Waals surface area contributed by atoms with Gasteiger partial charge in [-0.1, -0.05) is 12.1 Å². The third-order valence-electron chi connectivity index (χ3n) is 6.78. The lowest BCUT2D eigenvalue weighted by Gasteiger charge is -2.38. The Morgan fingerprint density at radius 2 is 1.97 bits per heavy atom. The lowest BCUT2D eigenvalue weighted by molar-refractivity contribution is -0.123. The standard InChI is InChI=1S/C22H30N6O2/c1-14-25-26-27-28(14)19-6-4-15(5-7-19)8-22(29)24-20-9-17-11-23-12-18(17)10-21(20)30-13-16-2-3-16/h4-7,16-18,20-21,23H,2-3,8-13H2,1H3,(H,24,29)/t17-,18+,20-,21-/m0/s1. The highest BCUT2D eigenvalue weighted by atomic mass is 16.5. The molecule has 2 heterocycles. The number of rotatable bonds is 7. The van der Waals surface area contributed by atoms with Crippen LogP contribution in [-0.4, -0.2) is 58.0 Å². The van der Waals surface area contributed by atoms with Crippen LogP contribution in [0.2, 0.25) is 0 Å². The number of tetrazole rings is 1. The lowest BCUT2D eigenvalue weighted by atomic mass is 9.77. The minimum Gasteiger partial charge on any atom is -0.376 e. The van der Waals surface area contributed by atoms with Crippen molar-refractivity contribution in [1.82, 2.24) is 30.8 Å². The number of hydrogen-bond donors (Lipinski definition) is 2. The van der Waals surface area contributed by atoms with Gasteiger partial charge in [-0.15, -0.1) is 5.10 Å². The monoisotopic (exact) mass is 410 g/mol. The molecule has 4 atom stereocenters. The van der Waals surface area contributed by atoms with E-state index >= 15 is 0 Å². The molecule has 1 aliphatic heterocycles. The summed E-state index contributed by atoms with van der Waals surface area (Å²) in [7, 11) is 0. The molecule has 0 bridgehead atoms. The number of benzene rings is 1. The summed E-state index contributed by atoms with van der Waals surface area (Å²) in [6.45, 7) is 4.85. The molecule has 3 aliphatic rings. The van der Waals surface area contributed by atoms with E-state index < -0.39 is 0 Å². The maximum absolute atomic E-state index is 12.8. The van der Waals surface area contributed by atoms with Gasteiger partial charge in [0.05, 0.1) is 24.3 Å². The zero-order valence-electron chi connectivity index (χ0n) is 17.5. The molecule has 1 amide bonds. The van der Waals surface area contributed by atoms with Gasteiger partial charge in [0.25, 0.3) is 0 Å². The van der Waals surface area contributed by atoms with Gasteiger partial charge >= 0.3 is 0 Å². The normalized spacial score (nSPS) is 28.3. The quantitative estimate of drug-likeness (QED) is 0.717. The molecule has 0 radical (unpaired) electrons. The molecule has 0 spiro atoms. The third kappa shape index (κ3) is 4.39. The van der Waals surface area contributed by atoms with E-state index in [1.807, 2.05) is 31.2 Å². The number of aryl methyl sites for hydroxylation is 1. The largest absolute Gasteiger partial charge is 0.376 e. The fourth-order valence-corrected chi connectivity index (χ4v) is 4.83. The maximum atomic E-state index is 12.8. The van der Waals surface area contributed by atoms with E-state index in [0.717, 1.165) is 55.5 Å². The van der Waals surface area contributed by atoms with Crippen LogP contribution in [0.4, 0.5) is 0 Å². The second kappa shape index (κ2) is 8.43. The Morgan fingerprint density at radius 3 is 2.67 bits per heavy atom. The summed E-state index contributed by atoms with van der Waals surface area (Å²) in [5.74, 6) is 2.87. The van der Waals surface area contributed by atoms with E-state index in [1.165, 1.54) is 12.8 Å². The van der Waals surface area contributed by atoms with E-state index in [1.54, 1.807) is 4.68 Å². The Kier molecular flexibility index (Phi) is 5.52. The molecule has 1 saturated heterocycles. The molecular weight excluding hydrogens is 380 g/mol. The van der Waals surface area contributed by atoms with E-state index in [4.69, 9.17) is 4.74 Å². The van der Waals surface area contributed by atoms with Crippen molar-refractivity contribution in [3.8, 4) is 5.69 Å². The number of fused-ring (bicyclic) bond motifs is 1. The van der Waals surface area contributed by atoms with Crippen LogP contribution in [0.15, 0.2) is 24.3 Å². The fraction of sp³-hybridized carbons (Fsp3) is 0.636. The first kappa shape index (κ1) is 19.6. The van der Waals surface area contributed by atoms with Crippen LogP contribution in [0.1, 0.15) is 37.1 Å². The number of carbonyl (C=O) groups excluding carboxylic acids is 1. The summed E-state index contributed by atoms with van der Waals surface area (Å²) in [6, 6.07) is 7.94. The molecule has 3 fully saturated rings. The van der Waals surface area contributed by atoms with Crippen LogP contribution in [0.25, 0.3) is 5.69 Å². The molecule has 1 aromatic carbocycles. The molecular formula is C22H30N6O2. The van der Waals surface area contributed by atoms with Crippen molar-refractivity contribution < 1.29 is 9.53 Å². The predicted molar refractivity (Wildman–Crippen MR) is 111 cm³/mol. The summed E-state index contributed by atoms with van der Waals surface area (Å²) >= 11 is 0. The van der Waals surface area contributed by atoms with Crippen molar-refractivity contribution in [3.63, 3.8) is 0 Å². The summed E-state index contributed by atoms with van der Waals surface area (Å²) in [5.41, 5.74) is 1.87. The van der Waals surface area contributed by atoms with Crippen molar-refractivity contribution in [2.24, 2.45) is 17.8 Å². The van der Waals surface area contributed by atoms with E-state index in [-0.39, 0.29) is 18.1 Å². The van der Waals surface area contributed by atoms with Crippen LogP contribution in [0, 0.1) is 24.7 Å². The summed E-state index contributed by atoms with van der Waals surface area (Å²) in [4.78, 5) is 12.8. The molecule has 8 heteroatoms. The number of ether oxygens (including phenoxy) is 1. The molecule has 2 aromatic rings. The Hall–Kier alpha value is -2.32. The van der Waals surface area contributed by atoms with E-state index in [0.29, 0.717) is 18.3 Å². The fourth-order valence-electron chi connectivity index (χ4n) is 4.83. The number of nitrogens with zero attached hydrogens (tertiary/aromatic N) is 4. The molecule has 0 unspecified atom stereocenters. The zero-order valence-corrected chi connectivity index (χ0v) is 17.5. The number of amides is 1. The van der Waals surface area contributed by atoms with Gasteiger partial charge in [0.15, 0.2) is 5.82 Å². The highest BCUT2D eigenvalue weighted by molar-refractivity contribution is 5.79. The van der Waals surface area contributed by atoms with Gasteiger partial charge in [-0.3, -0.25) is 4.79 Å². The first-order valence-electron chi connectivity index (χ1n) is 11.1. The van der Waals surface area contributed by atoms with Gasteiger partial charge < -0.3 is 15.4 Å². The van der Waals surface area contributed by atoms with E-state index in [2.05, 4.69) is 26.2 Å². The van der Waals surface area contributed by atoms with Crippen LogP contribution in [-0.2, 0) is 16.0 Å². The zero-order chi connectivity index (χ0) is 20.5. The van der Waals surface area contributed by atoms with Crippen LogP contribution >= 0.6 is 0 Å². The summed E-state index contributed by atoms with van der Waals surface area (Å²) in [5, 5.41) is 18.4.